The Morgan fingerprint density at radius 1 is 1.29 bits per heavy atom. The molecule has 0 radical (unpaired) electrons. The summed E-state index contributed by atoms with van der Waals surface area (Å²) >= 11 is 3.09. The van der Waals surface area contributed by atoms with Crippen molar-refractivity contribution < 1.29 is 24.1 Å². The molecule has 1 heterocycles. The van der Waals surface area contributed by atoms with Gasteiger partial charge >= 0.3 is 0 Å². The Morgan fingerprint density at radius 2 is 2.06 bits per heavy atom. The summed E-state index contributed by atoms with van der Waals surface area (Å²) in [4.78, 5) is 12.2. The molecule has 0 aliphatic carbocycles. The van der Waals surface area contributed by atoms with Gasteiger partial charge < -0.3 is 20.9 Å². The van der Waals surface area contributed by atoms with Crippen LogP contribution in [0.3, 0.4) is 0 Å². The van der Waals surface area contributed by atoms with Crippen LogP contribution < -0.4 is 10.6 Å². The lowest BCUT2D eigenvalue weighted by molar-refractivity contribution is 0.0945. The molecular weight excluding hydrogens is 473 g/mol. The van der Waals surface area contributed by atoms with Crippen molar-refractivity contribution in [3.05, 3.63) is 69.7 Å². The number of amides is 1. The summed E-state index contributed by atoms with van der Waals surface area (Å²) in [5.41, 5.74) is 1.23. The molecule has 0 aliphatic rings. The van der Waals surface area contributed by atoms with E-state index in [0.717, 1.165) is 0 Å². The third kappa shape index (κ3) is 5.57. The van der Waals surface area contributed by atoms with E-state index >= 15 is 0 Å². The number of aromatic nitrogens is 2. The Bertz CT molecular complexity index is 1100. The van der Waals surface area contributed by atoms with E-state index < -0.39 is 11.7 Å². The van der Waals surface area contributed by atoms with Gasteiger partial charge in [0.25, 0.3) is 5.91 Å². The zero-order valence-corrected chi connectivity index (χ0v) is 17.9. The second-order valence-electron chi connectivity index (χ2n) is 6.80. The van der Waals surface area contributed by atoms with Gasteiger partial charge in [-0.2, -0.15) is 0 Å². The molecule has 0 saturated heterocycles. The monoisotopic (exact) mass is 491 g/mol. The van der Waals surface area contributed by atoms with Crippen LogP contribution in [0.15, 0.2) is 56.7 Å². The molecule has 1 aromatic heterocycles. The SMILES string of the molecule is CC(CNC(=O)c1ccccc1O)Cc1nonc1C(=NO)Nc1ccc(F)c(Br)c1. The van der Waals surface area contributed by atoms with Crippen LogP contribution in [-0.2, 0) is 6.42 Å². The van der Waals surface area contributed by atoms with E-state index in [1.54, 1.807) is 12.1 Å². The molecule has 31 heavy (non-hydrogen) atoms. The van der Waals surface area contributed by atoms with Crippen LogP contribution in [-0.4, -0.2) is 38.9 Å². The minimum absolute atomic E-state index is 0.0276. The second-order valence-corrected chi connectivity index (χ2v) is 7.65. The zero-order valence-electron chi connectivity index (χ0n) is 16.3. The Balaban J connectivity index is 1.64. The van der Waals surface area contributed by atoms with Gasteiger partial charge in [-0.3, -0.25) is 4.79 Å². The maximum Gasteiger partial charge on any atom is 0.255 e. The summed E-state index contributed by atoms with van der Waals surface area (Å²) in [7, 11) is 0. The number of hydrogen-bond acceptors (Lipinski definition) is 7. The van der Waals surface area contributed by atoms with Crippen molar-refractivity contribution in [1.29, 1.82) is 0 Å². The van der Waals surface area contributed by atoms with Crippen LogP contribution >= 0.6 is 15.9 Å². The summed E-state index contributed by atoms with van der Waals surface area (Å²) in [5, 5.41) is 35.6. The Morgan fingerprint density at radius 3 is 2.77 bits per heavy atom. The topological polar surface area (TPSA) is 133 Å². The Hall–Kier alpha value is -3.47. The first-order valence-electron chi connectivity index (χ1n) is 9.21. The number of anilines is 1. The summed E-state index contributed by atoms with van der Waals surface area (Å²) in [6, 6.07) is 10.5. The largest absolute Gasteiger partial charge is 0.507 e. The highest BCUT2D eigenvalue weighted by Crippen LogP contribution is 2.21. The Kier molecular flexibility index (Phi) is 7.19. The first-order chi connectivity index (χ1) is 14.9. The van der Waals surface area contributed by atoms with Crippen molar-refractivity contribution in [2.75, 3.05) is 11.9 Å². The number of hydrogen-bond donors (Lipinski definition) is 4. The van der Waals surface area contributed by atoms with Crippen molar-refractivity contribution in [3.63, 3.8) is 0 Å². The molecule has 1 amide bonds. The van der Waals surface area contributed by atoms with E-state index in [1.807, 2.05) is 6.92 Å². The number of halogens is 2. The lowest BCUT2D eigenvalue weighted by Gasteiger charge is -2.13. The van der Waals surface area contributed by atoms with E-state index in [9.17, 15) is 19.5 Å². The molecule has 3 rings (SSSR count). The number of benzene rings is 2. The number of phenolic OH excluding ortho intramolecular Hbond substituents is 1. The lowest BCUT2D eigenvalue weighted by Crippen LogP contribution is -2.29. The minimum Gasteiger partial charge on any atom is -0.507 e. The number of amidine groups is 1. The molecule has 9 nitrogen and oxygen atoms in total. The number of carbonyl (C=O) groups is 1. The van der Waals surface area contributed by atoms with Crippen LogP contribution in [0.1, 0.15) is 28.7 Å². The van der Waals surface area contributed by atoms with Crippen LogP contribution in [0.5, 0.6) is 5.75 Å². The molecular formula is C20H19BrFN5O4. The first-order valence-corrected chi connectivity index (χ1v) is 10.0. The number of aromatic hydroxyl groups is 1. The van der Waals surface area contributed by atoms with Gasteiger partial charge in [0.15, 0.2) is 5.69 Å². The number of para-hydroxylation sites is 1. The van der Waals surface area contributed by atoms with Crippen molar-refractivity contribution in [2.45, 2.75) is 13.3 Å². The number of rotatable bonds is 7. The van der Waals surface area contributed by atoms with Gasteiger partial charge in [-0.15, -0.1) is 0 Å². The highest BCUT2D eigenvalue weighted by atomic mass is 79.9. The maximum absolute atomic E-state index is 13.4. The number of phenols is 1. The fraction of sp³-hybridized carbons (Fsp3) is 0.200. The molecule has 3 aromatic rings. The van der Waals surface area contributed by atoms with E-state index in [0.29, 0.717) is 24.3 Å². The minimum atomic E-state index is -0.434. The lowest BCUT2D eigenvalue weighted by atomic mass is 10.0. The van der Waals surface area contributed by atoms with E-state index in [4.69, 9.17) is 4.63 Å². The number of nitrogens with zero attached hydrogens (tertiary/aromatic N) is 3. The van der Waals surface area contributed by atoms with Crippen LogP contribution in [0.25, 0.3) is 0 Å². The van der Waals surface area contributed by atoms with Crippen molar-refractivity contribution in [1.82, 2.24) is 15.6 Å². The predicted octanol–water partition coefficient (Wildman–Crippen LogP) is 3.53. The van der Waals surface area contributed by atoms with E-state index in [-0.39, 0.29) is 33.2 Å². The molecule has 162 valence electrons. The van der Waals surface area contributed by atoms with Crippen molar-refractivity contribution in [2.24, 2.45) is 11.1 Å². The number of nitrogens with one attached hydrogen (secondary N) is 2. The van der Waals surface area contributed by atoms with Gasteiger partial charge in [-0.05, 0) is 63.8 Å². The third-order valence-electron chi connectivity index (χ3n) is 4.36. The molecule has 4 N–H and O–H groups in total. The molecule has 1 atom stereocenters. The highest BCUT2D eigenvalue weighted by molar-refractivity contribution is 9.10. The first kappa shape index (κ1) is 22.2. The van der Waals surface area contributed by atoms with Crippen LogP contribution in [0, 0.1) is 11.7 Å². The highest BCUT2D eigenvalue weighted by Gasteiger charge is 2.20. The second kappa shape index (κ2) is 10.0. The van der Waals surface area contributed by atoms with Gasteiger partial charge in [0, 0.05) is 12.2 Å². The molecule has 1 unspecified atom stereocenters. The summed E-state index contributed by atoms with van der Waals surface area (Å²) in [6.45, 7) is 2.17. The summed E-state index contributed by atoms with van der Waals surface area (Å²) < 4.78 is 18.5. The quantitative estimate of drug-likeness (QED) is 0.172. The van der Waals surface area contributed by atoms with E-state index in [1.165, 1.54) is 30.3 Å². The van der Waals surface area contributed by atoms with Crippen LogP contribution in [0.4, 0.5) is 10.1 Å². The smallest absolute Gasteiger partial charge is 0.255 e. The van der Waals surface area contributed by atoms with Crippen molar-refractivity contribution in [3.8, 4) is 5.75 Å². The van der Waals surface area contributed by atoms with Crippen LogP contribution in [0.2, 0.25) is 0 Å². The molecule has 0 bridgehead atoms. The maximum atomic E-state index is 13.4. The number of oxime groups is 1. The molecule has 0 fully saturated rings. The van der Waals surface area contributed by atoms with Gasteiger partial charge in [0.1, 0.15) is 17.3 Å². The zero-order chi connectivity index (χ0) is 22.4. The average molecular weight is 492 g/mol. The molecule has 2 aromatic carbocycles. The molecule has 0 spiro atoms. The molecule has 0 aliphatic heterocycles. The molecule has 0 saturated carbocycles. The van der Waals surface area contributed by atoms with E-state index in [2.05, 4.69) is 42.0 Å². The van der Waals surface area contributed by atoms with Gasteiger partial charge in [0.2, 0.25) is 5.84 Å². The normalized spacial score (nSPS) is 12.4. The third-order valence-corrected chi connectivity index (χ3v) is 4.97. The fourth-order valence-corrected chi connectivity index (χ4v) is 3.17. The fourth-order valence-electron chi connectivity index (χ4n) is 2.79. The van der Waals surface area contributed by atoms with Gasteiger partial charge in [0.05, 0.1) is 10.0 Å². The summed E-state index contributed by atoms with van der Waals surface area (Å²) in [6.07, 6.45) is 0.355. The standard InChI is InChI=1S/C20H19BrFN5O4/c1-11(10-23-20(29)13-4-2-3-5-17(13)28)8-16-18(27-31-26-16)19(25-30)24-12-6-7-15(22)14(21)9-12/h2-7,9,11,28,30H,8,10H2,1H3,(H,23,29)(H,24,25). The summed E-state index contributed by atoms with van der Waals surface area (Å²) in [5.74, 6) is -1.04. The predicted molar refractivity (Wildman–Crippen MR) is 114 cm³/mol. The average Bonchev–Trinajstić information content (AvgIpc) is 3.21. The van der Waals surface area contributed by atoms with Gasteiger partial charge in [-0.1, -0.05) is 29.4 Å². The molecule has 11 heteroatoms. The van der Waals surface area contributed by atoms with Gasteiger partial charge in [-0.25, -0.2) is 9.02 Å². The Labute approximate surface area is 185 Å². The number of carbonyl (C=O) groups excluding carboxylic acids is 1. The van der Waals surface area contributed by atoms with Crippen molar-refractivity contribution >= 4 is 33.4 Å².